The van der Waals surface area contributed by atoms with Crippen LogP contribution in [0.5, 0.6) is 0 Å². The van der Waals surface area contributed by atoms with E-state index >= 15 is 0 Å². The molecule has 0 aliphatic heterocycles. The Hall–Kier alpha value is -2.43. The van der Waals surface area contributed by atoms with Crippen LogP contribution in [0.1, 0.15) is 36.5 Å². The Morgan fingerprint density at radius 2 is 1.91 bits per heavy atom. The number of carbonyl (C=O) groups excluding carboxylic acids is 1. The first-order valence-corrected chi connectivity index (χ1v) is 7.46. The second kappa shape index (κ2) is 8.12. The molecule has 4 nitrogen and oxygen atoms in total. The maximum absolute atomic E-state index is 12.8. The van der Waals surface area contributed by atoms with E-state index in [0.29, 0.717) is 17.9 Å². The Balaban J connectivity index is 1.89. The number of halogens is 1. The second-order valence-electron chi connectivity index (χ2n) is 5.03. The number of aromatic nitrogens is 1. The first kappa shape index (κ1) is 15.9. The number of rotatable bonds is 7. The lowest BCUT2D eigenvalue weighted by Gasteiger charge is -2.07. The molecule has 0 aliphatic carbocycles. The minimum Gasteiger partial charge on any atom is -0.352 e. The molecule has 22 heavy (non-hydrogen) atoms. The molecule has 1 heterocycles. The van der Waals surface area contributed by atoms with Gasteiger partial charge in [-0.1, -0.05) is 19.8 Å². The number of benzene rings is 1. The molecule has 0 radical (unpaired) electrons. The molecule has 1 amide bonds. The van der Waals surface area contributed by atoms with Crippen LogP contribution in [-0.2, 0) is 0 Å². The molecule has 0 bridgehead atoms. The predicted molar refractivity (Wildman–Crippen MR) is 85.8 cm³/mol. The van der Waals surface area contributed by atoms with Gasteiger partial charge in [-0.15, -0.1) is 0 Å². The average Bonchev–Trinajstić information content (AvgIpc) is 2.54. The number of carbonyl (C=O) groups is 1. The number of unbranched alkanes of at least 4 members (excludes halogenated alkanes) is 2. The highest BCUT2D eigenvalue weighted by atomic mass is 19.1. The second-order valence-corrected chi connectivity index (χ2v) is 5.03. The lowest BCUT2D eigenvalue weighted by molar-refractivity contribution is 0.0952. The van der Waals surface area contributed by atoms with Crippen molar-refractivity contribution >= 4 is 17.4 Å². The van der Waals surface area contributed by atoms with Crippen molar-refractivity contribution in [2.75, 3.05) is 11.9 Å². The summed E-state index contributed by atoms with van der Waals surface area (Å²) in [6.07, 6.45) is 4.75. The van der Waals surface area contributed by atoms with Crippen LogP contribution in [0.25, 0.3) is 0 Å². The number of nitrogens with zero attached hydrogens (tertiary/aromatic N) is 1. The molecular formula is C17H20FN3O. The number of nitrogens with one attached hydrogen (secondary N) is 2. The van der Waals surface area contributed by atoms with Crippen molar-refractivity contribution in [1.29, 1.82) is 0 Å². The van der Waals surface area contributed by atoms with Crippen molar-refractivity contribution in [3.63, 3.8) is 0 Å². The van der Waals surface area contributed by atoms with E-state index in [-0.39, 0.29) is 11.7 Å². The van der Waals surface area contributed by atoms with Gasteiger partial charge in [-0.05, 0) is 42.8 Å². The normalized spacial score (nSPS) is 10.3. The summed E-state index contributed by atoms with van der Waals surface area (Å²) in [7, 11) is 0. The Bertz CT molecular complexity index is 596. The molecule has 0 fully saturated rings. The third-order valence-corrected chi connectivity index (χ3v) is 3.21. The van der Waals surface area contributed by atoms with Gasteiger partial charge in [0, 0.05) is 18.4 Å². The third kappa shape index (κ3) is 4.84. The first-order valence-electron chi connectivity index (χ1n) is 7.46. The highest BCUT2D eigenvalue weighted by molar-refractivity contribution is 5.94. The highest BCUT2D eigenvalue weighted by Crippen LogP contribution is 2.15. The number of hydrogen-bond donors (Lipinski definition) is 2. The molecule has 1 aromatic heterocycles. The quantitative estimate of drug-likeness (QED) is 0.763. The van der Waals surface area contributed by atoms with Crippen LogP contribution < -0.4 is 10.6 Å². The van der Waals surface area contributed by atoms with Crippen molar-refractivity contribution in [2.45, 2.75) is 26.2 Å². The lowest BCUT2D eigenvalue weighted by atomic mass is 10.2. The smallest absolute Gasteiger partial charge is 0.252 e. The molecule has 0 atom stereocenters. The number of hydrogen-bond acceptors (Lipinski definition) is 3. The van der Waals surface area contributed by atoms with Crippen LogP contribution >= 0.6 is 0 Å². The Morgan fingerprint density at radius 1 is 1.14 bits per heavy atom. The average molecular weight is 301 g/mol. The molecule has 0 saturated heterocycles. The van der Waals surface area contributed by atoms with Crippen molar-refractivity contribution in [2.24, 2.45) is 0 Å². The van der Waals surface area contributed by atoms with E-state index < -0.39 is 0 Å². The number of pyridine rings is 1. The molecular weight excluding hydrogens is 281 g/mol. The van der Waals surface area contributed by atoms with Crippen LogP contribution in [0, 0.1) is 5.82 Å². The first-order chi connectivity index (χ1) is 10.7. The molecule has 2 aromatic rings. The summed E-state index contributed by atoms with van der Waals surface area (Å²) >= 11 is 0. The molecule has 0 aliphatic rings. The summed E-state index contributed by atoms with van der Waals surface area (Å²) in [5.74, 6) is 0.208. The van der Waals surface area contributed by atoms with Crippen molar-refractivity contribution in [3.8, 4) is 0 Å². The summed E-state index contributed by atoms with van der Waals surface area (Å²) in [6, 6.07) is 9.45. The minimum atomic E-state index is -0.284. The van der Waals surface area contributed by atoms with E-state index in [2.05, 4.69) is 22.5 Å². The molecule has 5 heteroatoms. The Kier molecular flexibility index (Phi) is 5.89. The summed E-state index contributed by atoms with van der Waals surface area (Å²) in [4.78, 5) is 16.1. The third-order valence-electron chi connectivity index (χ3n) is 3.21. The van der Waals surface area contributed by atoms with E-state index in [4.69, 9.17) is 0 Å². The zero-order valence-corrected chi connectivity index (χ0v) is 12.6. The molecule has 116 valence electrons. The molecule has 0 spiro atoms. The fourth-order valence-corrected chi connectivity index (χ4v) is 1.96. The highest BCUT2D eigenvalue weighted by Gasteiger charge is 2.05. The van der Waals surface area contributed by atoms with Gasteiger partial charge in [-0.2, -0.15) is 0 Å². The summed E-state index contributed by atoms with van der Waals surface area (Å²) in [6.45, 7) is 2.81. The van der Waals surface area contributed by atoms with E-state index in [1.807, 2.05) is 0 Å². The topological polar surface area (TPSA) is 54.0 Å². The fraction of sp³-hybridized carbons (Fsp3) is 0.294. The van der Waals surface area contributed by atoms with Crippen molar-refractivity contribution < 1.29 is 9.18 Å². The number of anilines is 2. The molecule has 2 N–H and O–H groups in total. The van der Waals surface area contributed by atoms with Crippen LogP contribution in [0.4, 0.5) is 15.9 Å². The monoisotopic (exact) mass is 301 g/mol. The lowest BCUT2D eigenvalue weighted by Crippen LogP contribution is -2.24. The van der Waals surface area contributed by atoms with Gasteiger partial charge in [-0.3, -0.25) is 4.79 Å². The summed E-state index contributed by atoms with van der Waals surface area (Å²) in [5, 5.41) is 5.92. The zero-order chi connectivity index (χ0) is 15.8. The SMILES string of the molecule is CCCCCNC(=O)c1ccc(Nc2ccc(F)cc2)nc1. The molecule has 0 unspecified atom stereocenters. The maximum atomic E-state index is 12.8. The van der Waals surface area contributed by atoms with Crippen molar-refractivity contribution in [1.82, 2.24) is 10.3 Å². The molecule has 2 rings (SSSR count). The molecule has 1 aromatic carbocycles. The largest absolute Gasteiger partial charge is 0.352 e. The standard InChI is InChI=1S/C17H20FN3O/c1-2-3-4-11-19-17(22)13-5-10-16(20-12-13)21-15-8-6-14(18)7-9-15/h5-10,12H,2-4,11H2,1H3,(H,19,22)(H,20,21). The van der Waals surface area contributed by atoms with E-state index in [0.717, 1.165) is 24.9 Å². The predicted octanol–water partition coefficient (Wildman–Crippen LogP) is 3.88. The van der Waals surface area contributed by atoms with E-state index in [1.165, 1.54) is 18.3 Å². The summed E-state index contributed by atoms with van der Waals surface area (Å²) < 4.78 is 12.8. The van der Waals surface area contributed by atoms with Gasteiger partial charge in [0.15, 0.2) is 0 Å². The van der Waals surface area contributed by atoms with Gasteiger partial charge in [-0.25, -0.2) is 9.37 Å². The molecule has 0 saturated carbocycles. The maximum Gasteiger partial charge on any atom is 0.252 e. The minimum absolute atomic E-state index is 0.114. The number of amides is 1. The summed E-state index contributed by atoms with van der Waals surface area (Å²) in [5.41, 5.74) is 1.27. The van der Waals surface area contributed by atoms with Crippen molar-refractivity contribution in [3.05, 3.63) is 54.0 Å². The van der Waals surface area contributed by atoms with Crippen LogP contribution in [-0.4, -0.2) is 17.4 Å². The van der Waals surface area contributed by atoms with Crippen LogP contribution in [0.3, 0.4) is 0 Å². The van der Waals surface area contributed by atoms with E-state index in [9.17, 15) is 9.18 Å². The Morgan fingerprint density at radius 3 is 2.55 bits per heavy atom. The van der Waals surface area contributed by atoms with Gasteiger partial charge in [0.1, 0.15) is 11.6 Å². The van der Waals surface area contributed by atoms with Crippen LogP contribution in [0.15, 0.2) is 42.6 Å². The van der Waals surface area contributed by atoms with Gasteiger partial charge in [0.25, 0.3) is 5.91 Å². The Labute approximate surface area is 129 Å². The fourth-order valence-electron chi connectivity index (χ4n) is 1.96. The van der Waals surface area contributed by atoms with E-state index in [1.54, 1.807) is 24.3 Å². The van der Waals surface area contributed by atoms with Gasteiger partial charge >= 0.3 is 0 Å². The van der Waals surface area contributed by atoms with Gasteiger partial charge in [0.05, 0.1) is 5.56 Å². The van der Waals surface area contributed by atoms with Crippen LogP contribution in [0.2, 0.25) is 0 Å². The van der Waals surface area contributed by atoms with Gasteiger partial charge < -0.3 is 10.6 Å². The zero-order valence-electron chi connectivity index (χ0n) is 12.6. The van der Waals surface area contributed by atoms with Gasteiger partial charge in [0.2, 0.25) is 0 Å².